The molecule has 0 spiro atoms. The maximum absolute atomic E-state index is 12.9. The molecule has 7 nitrogen and oxygen atoms in total. The number of nitrogens with two attached hydrogens (primary N) is 1. The normalized spacial score (nSPS) is 14.2. The van der Waals surface area contributed by atoms with E-state index in [2.05, 4.69) is 10.3 Å². The monoisotopic (exact) mass is 373 g/mol. The molecule has 2 heterocycles. The molecule has 1 aromatic carbocycles. The number of hydrogen-bond acceptors (Lipinski definition) is 5. The Morgan fingerprint density at radius 1 is 1.35 bits per heavy atom. The number of amides is 1. The van der Waals surface area contributed by atoms with Gasteiger partial charge in [0.1, 0.15) is 11.7 Å². The molecule has 1 aliphatic rings. The Kier molecular flexibility index (Phi) is 5.39. The number of anilines is 2. The van der Waals surface area contributed by atoms with Crippen LogP contribution < -0.4 is 16.0 Å². The average Bonchev–Trinajstić information content (AvgIpc) is 2.64. The van der Waals surface area contributed by atoms with Gasteiger partial charge in [-0.1, -0.05) is 23.7 Å². The summed E-state index contributed by atoms with van der Waals surface area (Å²) in [5.41, 5.74) is 7.66. The maximum Gasteiger partial charge on any atom is 0.259 e. The second-order valence-electron chi connectivity index (χ2n) is 5.97. The third-order valence-electron chi connectivity index (χ3n) is 4.12. The van der Waals surface area contributed by atoms with E-state index in [-0.39, 0.29) is 11.7 Å². The highest BCUT2D eigenvalue weighted by Gasteiger charge is 2.22. The summed E-state index contributed by atoms with van der Waals surface area (Å²) in [5, 5.41) is 10.8. The van der Waals surface area contributed by atoms with Crippen molar-refractivity contribution in [2.75, 3.05) is 36.5 Å². The predicted molar refractivity (Wildman–Crippen MR) is 102 cm³/mol. The van der Waals surface area contributed by atoms with E-state index in [0.29, 0.717) is 59.7 Å². The standard InChI is InChI=1S/C18H20ClN5O2/c1-11-15(19)10-14(17(22-11)24-5-7-26-8-6-24)18(25)23-13-4-2-3-12(9-13)16(20)21/h2-4,9-10H,5-8H2,1H3,(H3,20,21)(H,23,25). The zero-order valence-electron chi connectivity index (χ0n) is 14.4. The topological polar surface area (TPSA) is 104 Å². The number of amidine groups is 1. The smallest absolute Gasteiger partial charge is 0.259 e. The molecule has 0 bridgehead atoms. The summed E-state index contributed by atoms with van der Waals surface area (Å²) in [7, 11) is 0. The van der Waals surface area contributed by atoms with Crippen LogP contribution in [-0.4, -0.2) is 43.0 Å². The van der Waals surface area contributed by atoms with E-state index >= 15 is 0 Å². The van der Waals surface area contributed by atoms with Crippen LogP contribution in [0.4, 0.5) is 11.5 Å². The fourth-order valence-corrected chi connectivity index (χ4v) is 2.87. The van der Waals surface area contributed by atoms with Crippen LogP contribution in [0.1, 0.15) is 21.6 Å². The third-order valence-corrected chi connectivity index (χ3v) is 4.50. The summed E-state index contributed by atoms with van der Waals surface area (Å²) >= 11 is 6.21. The van der Waals surface area contributed by atoms with Crippen molar-refractivity contribution in [3.05, 3.63) is 52.2 Å². The van der Waals surface area contributed by atoms with Crippen molar-refractivity contribution in [2.45, 2.75) is 6.92 Å². The van der Waals surface area contributed by atoms with Gasteiger partial charge >= 0.3 is 0 Å². The summed E-state index contributed by atoms with van der Waals surface area (Å²) < 4.78 is 5.38. The molecule has 2 aromatic rings. The number of aryl methyl sites for hydroxylation is 1. The molecule has 3 rings (SSSR count). The second kappa shape index (κ2) is 7.72. The van der Waals surface area contributed by atoms with Gasteiger partial charge in [0, 0.05) is 24.3 Å². The maximum atomic E-state index is 12.9. The van der Waals surface area contributed by atoms with E-state index in [1.54, 1.807) is 30.3 Å². The highest BCUT2D eigenvalue weighted by molar-refractivity contribution is 6.31. The summed E-state index contributed by atoms with van der Waals surface area (Å²) in [4.78, 5) is 19.4. The molecule has 26 heavy (non-hydrogen) atoms. The van der Waals surface area contributed by atoms with Crippen molar-refractivity contribution < 1.29 is 9.53 Å². The van der Waals surface area contributed by atoms with Crippen LogP contribution in [0.15, 0.2) is 30.3 Å². The van der Waals surface area contributed by atoms with Crippen LogP contribution in [0.5, 0.6) is 0 Å². The number of halogens is 1. The van der Waals surface area contributed by atoms with Crippen LogP contribution in [-0.2, 0) is 4.74 Å². The number of ether oxygens (including phenoxy) is 1. The molecule has 0 unspecified atom stereocenters. The molecular weight excluding hydrogens is 354 g/mol. The molecule has 0 atom stereocenters. The Morgan fingerprint density at radius 2 is 2.08 bits per heavy atom. The number of nitrogen functional groups attached to an aromatic ring is 1. The number of aromatic nitrogens is 1. The van der Waals surface area contributed by atoms with E-state index in [9.17, 15) is 4.79 Å². The van der Waals surface area contributed by atoms with Gasteiger partial charge in [0.2, 0.25) is 0 Å². The molecule has 0 saturated carbocycles. The summed E-state index contributed by atoms with van der Waals surface area (Å²) in [6.45, 7) is 4.31. The van der Waals surface area contributed by atoms with Gasteiger partial charge in [-0.05, 0) is 25.1 Å². The zero-order chi connectivity index (χ0) is 18.7. The number of carbonyl (C=O) groups is 1. The van der Waals surface area contributed by atoms with Crippen molar-refractivity contribution in [1.82, 2.24) is 4.98 Å². The molecule has 1 saturated heterocycles. The van der Waals surface area contributed by atoms with Crippen molar-refractivity contribution in [3.63, 3.8) is 0 Å². The van der Waals surface area contributed by atoms with Gasteiger partial charge in [-0.3, -0.25) is 10.2 Å². The fraction of sp³-hybridized carbons (Fsp3) is 0.278. The van der Waals surface area contributed by atoms with Gasteiger partial charge in [0.25, 0.3) is 5.91 Å². The zero-order valence-corrected chi connectivity index (χ0v) is 15.1. The van der Waals surface area contributed by atoms with E-state index in [1.165, 1.54) is 0 Å². The minimum Gasteiger partial charge on any atom is -0.384 e. The molecule has 136 valence electrons. The van der Waals surface area contributed by atoms with E-state index in [0.717, 1.165) is 0 Å². The van der Waals surface area contributed by atoms with Crippen molar-refractivity contribution in [3.8, 4) is 0 Å². The highest BCUT2D eigenvalue weighted by atomic mass is 35.5. The first-order chi connectivity index (χ1) is 12.5. The number of rotatable bonds is 4. The highest BCUT2D eigenvalue weighted by Crippen LogP contribution is 2.26. The molecule has 4 N–H and O–H groups in total. The van der Waals surface area contributed by atoms with Gasteiger partial charge in [-0.25, -0.2) is 4.98 Å². The van der Waals surface area contributed by atoms with E-state index < -0.39 is 0 Å². The van der Waals surface area contributed by atoms with Gasteiger partial charge in [0.15, 0.2) is 0 Å². The Balaban J connectivity index is 1.92. The van der Waals surface area contributed by atoms with Crippen LogP contribution >= 0.6 is 11.6 Å². The third kappa shape index (κ3) is 3.95. The number of pyridine rings is 1. The molecule has 0 aliphatic carbocycles. The largest absolute Gasteiger partial charge is 0.384 e. The number of nitrogens with zero attached hydrogens (tertiary/aromatic N) is 2. The first kappa shape index (κ1) is 18.2. The van der Waals surface area contributed by atoms with Crippen LogP contribution in [0.3, 0.4) is 0 Å². The Hall–Kier alpha value is -2.64. The van der Waals surface area contributed by atoms with Crippen molar-refractivity contribution >= 4 is 34.8 Å². The lowest BCUT2D eigenvalue weighted by Crippen LogP contribution is -2.38. The van der Waals surface area contributed by atoms with Crippen LogP contribution in [0.2, 0.25) is 5.02 Å². The molecular formula is C18H20ClN5O2. The van der Waals surface area contributed by atoms with Crippen molar-refractivity contribution in [2.24, 2.45) is 5.73 Å². The fourth-order valence-electron chi connectivity index (χ4n) is 2.71. The molecule has 0 radical (unpaired) electrons. The van der Waals surface area contributed by atoms with Gasteiger partial charge < -0.3 is 20.7 Å². The first-order valence-corrected chi connectivity index (χ1v) is 8.59. The van der Waals surface area contributed by atoms with Crippen LogP contribution in [0.25, 0.3) is 0 Å². The Morgan fingerprint density at radius 3 is 2.77 bits per heavy atom. The van der Waals surface area contributed by atoms with Gasteiger partial charge in [-0.2, -0.15) is 0 Å². The Bertz CT molecular complexity index is 849. The average molecular weight is 374 g/mol. The summed E-state index contributed by atoms with van der Waals surface area (Å²) in [6, 6.07) is 8.47. The molecule has 1 amide bonds. The molecule has 1 aromatic heterocycles. The molecule has 8 heteroatoms. The van der Waals surface area contributed by atoms with Gasteiger partial charge in [0.05, 0.1) is 29.5 Å². The Labute approximate surface area is 156 Å². The van der Waals surface area contributed by atoms with E-state index in [1.807, 2.05) is 11.8 Å². The number of benzene rings is 1. The molecule has 1 fully saturated rings. The van der Waals surface area contributed by atoms with Gasteiger partial charge in [-0.15, -0.1) is 0 Å². The van der Waals surface area contributed by atoms with Crippen LogP contribution in [0, 0.1) is 12.3 Å². The SMILES string of the molecule is Cc1nc(N2CCOCC2)c(C(=O)Nc2cccc(C(=N)N)c2)cc1Cl. The second-order valence-corrected chi connectivity index (χ2v) is 6.38. The minimum absolute atomic E-state index is 0.0600. The summed E-state index contributed by atoms with van der Waals surface area (Å²) in [5.74, 6) is 0.215. The number of carbonyl (C=O) groups excluding carboxylic acids is 1. The van der Waals surface area contributed by atoms with E-state index in [4.69, 9.17) is 27.5 Å². The first-order valence-electron chi connectivity index (χ1n) is 8.21. The lowest BCUT2D eigenvalue weighted by atomic mass is 10.1. The predicted octanol–water partition coefficient (Wildman–Crippen LogP) is 2.42. The lowest BCUT2D eigenvalue weighted by molar-refractivity contribution is 0.102. The summed E-state index contributed by atoms with van der Waals surface area (Å²) in [6.07, 6.45) is 0. The number of morpholine rings is 1. The van der Waals surface area contributed by atoms with Crippen molar-refractivity contribution in [1.29, 1.82) is 5.41 Å². The lowest BCUT2D eigenvalue weighted by Gasteiger charge is -2.29. The minimum atomic E-state index is -0.318. The quantitative estimate of drug-likeness (QED) is 0.564. The number of hydrogen-bond donors (Lipinski definition) is 3. The number of nitrogens with one attached hydrogen (secondary N) is 2. The molecule has 1 aliphatic heterocycles.